The van der Waals surface area contributed by atoms with E-state index in [0.29, 0.717) is 45.8 Å². The highest BCUT2D eigenvalue weighted by atomic mass is 16.5. The maximum Gasteiger partial charge on any atom is 0.236 e. The fourth-order valence-electron chi connectivity index (χ4n) is 2.88. The number of amidine groups is 1. The van der Waals surface area contributed by atoms with Gasteiger partial charge in [0.05, 0.1) is 6.10 Å². The molecule has 7 nitrogen and oxygen atoms in total. The van der Waals surface area contributed by atoms with E-state index in [2.05, 4.69) is 5.16 Å². The molecule has 114 valence electrons. The van der Waals surface area contributed by atoms with E-state index >= 15 is 0 Å². The highest BCUT2D eigenvalue weighted by Crippen LogP contribution is 2.33. The van der Waals surface area contributed by atoms with Crippen LogP contribution in [0.2, 0.25) is 0 Å². The van der Waals surface area contributed by atoms with Crippen LogP contribution in [0, 0.1) is 5.41 Å². The molecule has 0 aromatic carbocycles. The van der Waals surface area contributed by atoms with Gasteiger partial charge in [-0.15, -0.1) is 0 Å². The average molecular weight is 285 g/mol. The number of carbonyl (C=O) groups is 1. The first kappa shape index (κ1) is 15.1. The number of ether oxygens (including phenoxy) is 2. The van der Waals surface area contributed by atoms with Crippen molar-refractivity contribution in [3.05, 3.63) is 0 Å². The summed E-state index contributed by atoms with van der Waals surface area (Å²) in [5, 5.41) is 12.1. The maximum atomic E-state index is 12.9. The summed E-state index contributed by atoms with van der Waals surface area (Å²) < 4.78 is 10.9. The van der Waals surface area contributed by atoms with Crippen LogP contribution in [0.4, 0.5) is 0 Å². The molecule has 2 aliphatic rings. The first-order chi connectivity index (χ1) is 9.60. The molecule has 0 aromatic rings. The number of oxime groups is 1. The van der Waals surface area contributed by atoms with E-state index in [-0.39, 0.29) is 17.8 Å². The predicted octanol–water partition coefficient (Wildman–Crippen LogP) is 0.167. The van der Waals surface area contributed by atoms with Crippen LogP contribution in [0.15, 0.2) is 5.16 Å². The zero-order chi connectivity index (χ0) is 14.6. The topological polar surface area (TPSA) is 97.4 Å². The van der Waals surface area contributed by atoms with Crippen molar-refractivity contribution < 1.29 is 19.5 Å². The fraction of sp³-hybridized carbons (Fsp3) is 0.846. The Labute approximate surface area is 118 Å². The van der Waals surface area contributed by atoms with E-state index in [0.717, 1.165) is 6.42 Å². The molecule has 0 bridgehead atoms. The molecule has 2 fully saturated rings. The van der Waals surface area contributed by atoms with Gasteiger partial charge in [-0.3, -0.25) is 4.79 Å². The smallest absolute Gasteiger partial charge is 0.236 e. The van der Waals surface area contributed by atoms with Crippen LogP contribution in [-0.2, 0) is 14.3 Å². The van der Waals surface area contributed by atoms with Gasteiger partial charge in [0.15, 0.2) is 5.84 Å². The third-order valence-corrected chi connectivity index (χ3v) is 4.09. The Bertz CT molecular complexity index is 380. The lowest BCUT2D eigenvalue weighted by Crippen LogP contribution is -2.55. The summed E-state index contributed by atoms with van der Waals surface area (Å²) in [4.78, 5) is 14.7. The van der Waals surface area contributed by atoms with Gasteiger partial charge in [-0.05, 0) is 26.2 Å². The molecule has 7 heteroatoms. The van der Waals surface area contributed by atoms with Crippen molar-refractivity contribution in [1.29, 1.82) is 0 Å². The lowest BCUT2D eigenvalue weighted by molar-refractivity contribution is -0.143. The molecule has 1 atom stereocenters. The minimum absolute atomic E-state index is 0.00521. The predicted molar refractivity (Wildman–Crippen MR) is 72.5 cm³/mol. The van der Waals surface area contributed by atoms with Gasteiger partial charge in [0, 0.05) is 32.9 Å². The third-order valence-electron chi connectivity index (χ3n) is 4.09. The quantitative estimate of drug-likeness (QED) is 0.326. The molecular weight excluding hydrogens is 262 g/mol. The Hall–Kier alpha value is -1.34. The van der Waals surface area contributed by atoms with Crippen LogP contribution in [0.1, 0.15) is 26.2 Å². The van der Waals surface area contributed by atoms with Crippen LogP contribution in [0.5, 0.6) is 0 Å². The van der Waals surface area contributed by atoms with E-state index in [4.69, 9.17) is 20.4 Å². The van der Waals surface area contributed by atoms with Crippen molar-refractivity contribution in [1.82, 2.24) is 4.90 Å². The lowest BCUT2D eigenvalue weighted by atomic mass is 9.77. The van der Waals surface area contributed by atoms with E-state index < -0.39 is 5.41 Å². The standard InChI is InChI=1S/C13H23N3O4/c1-10-9-16(5-2-6-20-10)12(17)13(11(14)15-18)3-7-19-8-4-13/h10,18H,2-9H2,1H3,(H2,14,15). The first-order valence-corrected chi connectivity index (χ1v) is 7.07. The molecule has 0 aliphatic carbocycles. The van der Waals surface area contributed by atoms with Gasteiger partial charge in [0.25, 0.3) is 0 Å². The number of hydrogen-bond donors (Lipinski definition) is 2. The second-order valence-electron chi connectivity index (χ2n) is 5.47. The van der Waals surface area contributed by atoms with Crippen molar-refractivity contribution in [3.63, 3.8) is 0 Å². The van der Waals surface area contributed by atoms with Crippen molar-refractivity contribution in [2.75, 3.05) is 32.9 Å². The van der Waals surface area contributed by atoms with Crippen molar-refractivity contribution in [2.24, 2.45) is 16.3 Å². The molecule has 20 heavy (non-hydrogen) atoms. The minimum atomic E-state index is -0.933. The van der Waals surface area contributed by atoms with Crippen LogP contribution in [0.3, 0.4) is 0 Å². The highest BCUT2D eigenvalue weighted by Gasteiger charge is 2.47. The first-order valence-electron chi connectivity index (χ1n) is 7.07. The minimum Gasteiger partial charge on any atom is -0.409 e. The summed E-state index contributed by atoms with van der Waals surface area (Å²) in [6, 6.07) is 0. The van der Waals surface area contributed by atoms with Gasteiger partial charge < -0.3 is 25.3 Å². The van der Waals surface area contributed by atoms with Gasteiger partial charge in [-0.25, -0.2) is 0 Å². The van der Waals surface area contributed by atoms with Crippen LogP contribution in [-0.4, -0.2) is 60.9 Å². The molecule has 2 saturated heterocycles. The molecule has 3 N–H and O–H groups in total. The van der Waals surface area contributed by atoms with Gasteiger partial charge in [-0.2, -0.15) is 0 Å². The molecule has 2 aliphatic heterocycles. The van der Waals surface area contributed by atoms with Gasteiger partial charge in [0.2, 0.25) is 5.91 Å². The highest BCUT2D eigenvalue weighted by molar-refractivity contribution is 6.06. The van der Waals surface area contributed by atoms with Crippen LogP contribution >= 0.6 is 0 Å². The Morgan fingerprint density at radius 1 is 1.40 bits per heavy atom. The molecule has 0 radical (unpaired) electrons. The number of amides is 1. The molecule has 1 amide bonds. The van der Waals surface area contributed by atoms with E-state index in [1.165, 1.54) is 0 Å². The van der Waals surface area contributed by atoms with Crippen LogP contribution < -0.4 is 5.73 Å². The second kappa shape index (κ2) is 6.41. The monoisotopic (exact) mass is 285 g/mol. The Morgan fingerprint density at radius 3 is 2.75 bits per heavy atom. The summed E-state index contributed by atoms with van der Waals surface area (Å²) in [5.74, 6) is -0.0860. The summed E-state index contributed by atoms with van der Waals surface area (Å²) in [7, 11) is 0. The zero-order valence-electron chi connectivity index (χ0n) is 11.9. The molecule has 0 aromatic heterocycles. The number of rotatable bonds is 2. The zero-order valence-corrected chi connectivity index (χ0v) is 11.9. The average Bonchev–Trinajstić information content (AvgIpc) is 2.70. The number of nitrogens with two attached hydrogens (primary N) is 1. The van der Waals surface area contributed by atoms with E-state index in [1.807, 2.05) is 6.92 Å². The van der Waals surface area contributed by atoms with Crippen LogP contribution in [0.25, 0.3) is 0 Å². The number of nitrogens with zero attached hydrogens (tertiary/aromatic N) is 2. The summed E-state index contributed by atoms with van der Waals surface area (Å²) in [5.41, 5.74) is 4.90. The Morgan fingerprint density at radius 2 is 2.10 bits per heavy atom. The molecule has 0 spiro atoms. The molecular formula is C13H23N3O4. The largest absolute Gasteiger partial charge is 0.409 e. The van der Waals surface area contributed by atoms with E-state index in [1.54, 1.807) is 4.90 Å². The number of carbonyl (C=O) groups excluding carboxylic acids is 1. The second-order valence-corrected chi connectivity index (χ2v) is 5.47. The normalized spacial score (nSPS) is 27.9. The SMILES string of the molecule is CC1CN(C(=O)C2(C(N)=NO)CCOCC2)CCCO1. The Kier molecular flexibility index (Phi) is 4.82. The maximum absolute atomic E-state index is 12.9. The molecule has 2 heterocycles. The van der Waals surface area contributed by atoms with Crippen molar-refractivity contribution in [3.8, 4) is 0 Å². The molecule has 2 rings (SSSR count). The summed E-state index contributed by atoms with van der Waals surface area (Å²) >= 11 is 0. The fourth-order valence-corrected chi connectivity index (χ4v) is 2.88. The van der Waals surface area contributed by atoms with Gasteiger partial charge >= 0.3 is 0 Å². The summed E-state index contributed by atoms with van der Waals surface area (Å²) in [6.07, 6.45) is 1.71. The lowest BCUT2D eigenvalue weighted by Gasteiger charge is -2.38. The van der Waals surface area contributed by atoms with Crippen molar-refractivity contribution in [2.45, 2.75) is 32.3 Å². The Balaban J connectivity index is 2.21. The number of hydrogen-bond acceptors (Lipinski definition) is 5. The third kappa shape index (κ3) is 2.88. The molecule has 1 unspecified atom stereocenters. The van der Waals surface area contributed by atoms with Gasteiger partial charge in [-0.1, -0.05) is 5.16 Å². The van der Waals surface area contributed by atoms with Crippen molar-refractivity contribution >= 4 is 11.7 Å². The summed E-state index contributed by atoms with van der Waals surface area (Å²) in [6.45, 7) is 4.69. The van der Waals surface area contributed by atoms with Gasteiger partial charge in [0.1, 0.15) is 5.41 Å². The molecule has 0 saturated carbocycles. The van der Waals surface area contributed by atoms with E-state index in [9.17, 15) is 4.79 Å².